The molecule has 1 atom stereocenters. The average Bonchev–Trinajstić information content (AvgIpc) is 4.41. The summed E-state index contributed by atoms with van der Waals surface area (Å²) in [5.41, 5.74) is 25.5. The predicted octanol–water partition coefficient (Wildman–Crippen LogP) is 20.0. The molecular formula is C73H45NO2. The summed E-state index contributed by atoms with van der Waals surface area (Å²) in [6.07, 6.45) is 0. The lowest BCUT2D eigenvalue weighted by atomic mass is 9.68. The van der Waals surface area contributed by atoms with Gasteiger partial charge in [0.1, 0.15) is 22.3 Å². The minimum absolute atomic E-state index is 0.592. The zero-order chi connectivity index (χ0) is 49.9. The summed E-state index contributed by atoms with van der Waals surface area (Å²) in [6.45, 7) is 0. The van der Waals surface area contributed by atoms with E-state index in [1.807, 2.05) is 12.1 Å². The van der Waals surface area contributed by atoms with Crippen molar-refractivity contribution in [3.63, 3.8) is 0 Å². The molecule has 2 aliphatic carbocycles. The summed E-state index contributed by atoms with van der Waals surface area (Å²) in [5.74, 6) is 0. The first-order valence-electron chi connectivity index (χ1n) is 26.1. The highest BCUT2D eigenvalue weighted by molar-refractivity contribution is 6.14. The molecule has 3 heteroatoms. The first-order valence-corrected chi connectivity index (χ1v) is 26.1. The van der Waals surface area contributed by atoms with Crippen molar-refractivity contribution in [3.05, 3.63) is 295 Å². The Hall–Kier alpha value is -9.96. The maximum Gasteiger partial charge on any atom is 0.143 e. The van der Waals surface area contributed by atoms with Crippen LogP contribution in [0.25, 0.3) is 111 Å². The Balaban J connectivity index is 0.859. The van der Waals surface area contributed by atoms with Crippen LogP contribution in [0.3, 0.4) is 0 Å². The third kappa shape index (κ3) is 6.17. The molecule has 0 aliphatic heterocycles. The van der Waals surface area contributed by atoms with Gasteiger partial charge in [-0.2, -0.15) is 0 Å². The Morgan fingerprint density at radius 3 is 1.45 bits per heavy atom. The SMILES string of the molecule is c1ccc(-c2ccc(-c3ccc(N(c4ccc(-c5cccc6c5oc5ccccc56)cc4)c4cccc(-c5cccc6c5C5(c7ccccc7-6)c6ccccc6-c6c5ccc5c6oc6ccccc65)c4)cc3)cc2)cc1. The standard InChI is InChI=1S/C73H45NO2/c1-2-15-46(16-3-1)47-31-33-48(34-32-47)49-35-39-52(40-36-49)74(53-41-37-50(38-42-53)56-24-14-26-61-58-20-6-10-29-67(58)75-71(56)61)54-18-12-17-51(45-54)55-23-13-25-60-57-19-4-8-27-64(57)73(70(55)60)65-28-9-5-22-63(65)69-66(73)44-43-62-59-21-7-11-30-68(59)76-72(62)69/h1-45H. The van der Waals surface area contributed by atoms with Gasteiger partial charge in [-0.1, -0.05) is 224 Å². The molecule has 3 nitrogen and oxygen atoms in total. The van der Waals surface area contributed by atoms with E-state index in [4.69, 9.17) is 8.83 Å². The maximum atomic E-state index is 6.88. The number of benzene rings is 12. The van der Waals surface area contributed by atoms with Crippen LogP contribution < -0.4 is 4.90 Å². The third-order valence-electron chi connectivity index (χ3n) is 16.3. The van der Waals surface area contributed by atoms with Gasteiger partial charge < -0.3 is 13.7 Å². The van der Waals surface area contributed by atoms with Crippen LogP contribution >= 0.6 is 0 Å². The molecule has 0 saturated heterocycles. The molecule has 1 spiro atoms. The van der Waals surface area contributed by atoms with E-state index in [0.29, 0.717) is 0 Å². The molecule has 0 radical (unpaired) electrons. The van der Waals surface area contributed by atoms with Gasteiger partial charge >= 0.3 is 0 Å². The van der Waals surface area contributed by atoms with Gasteiger partial charge in [-0.25, -0.2) is 0 Å². The topological polar surface area (TPSA) is 29.5 Å². The lowest BCUT2D eigenvalue weighted by Gasteiger charge is -2.32. The van der Waals surface area contributed by atoms with Crippen molar-refractivity contribution in [1.82, 2.24) is 0 Å². The van der Waals surface area contributed by atoms with E-state index >= 15 is 0 Å². The molecule has 0 saturated carbocycles. The lowest BCUT2D eigenvalue weighted by Crippen LogP contribution is -2.26. The van der Waals surface area contributed by atoms with E-state index in [1.54, 1.807) is 0 Å². The van der Waals surface area contributed by atoms with Crippen molar-refractivity contribution in [1.29, 1.82) is 0 Å². The molecule has 1 unspecified atom stereocenters. The molecule has 14 aromatic rings. The quantitative estimate of drug-likeness (QED) is 0.159. The monoisotopic (exact) mass is 967 g/mol. The largest absolute Gasteiger partial charge is 0.455 e. The van der Waals surface area contributed by atoms with Crippen LogP contribution in [0.1, 0.15) is 22.3 Å². The maximum absolute atomic E-state index is 6.88. The summed E-state index contributed by atoms with van der Waals surface area (Å²) in [5, 5.41) is 4.53. The number of furan rings is 2. The predicted molar refractivity (Wildman–Crippen MR) is 314 cm³/mol. The minimum Gasteiger partial charge on any atom is -0.455 e. The number of hydrogen-bond donors (Lipinski definition) is 0. The molecule has 0 amide bonds. The molecule has 354 valence electrons. The Morgan fingerprint density at radius 1 is 0.263 bits per heavy atom. The second-order valence-electron chi connectivity index (χ2n) is 20.2. The fraction of sp³-hybridized carbons (Fsp3) is 0.0137. The number of rotatable bonds is 7. The number of nitrogens with zero attached hydrogens (tertiary/aromatic N) is 1. The van der Waals surface area contributed by atoms with Crippen LogP contribution in [-0.2, 0) is 5.41 Å². The van der Waals surface area contributed by atoms with Crippen LogP contribution in [-0.4, -0.2) is 0 Å². The Bertz CT molecular complexity index is 4620. The molecular weight excluding hydrogens is 923 g/mol. The van der Waals surface area contributed by atoms with Gasteiger partial charge in [0, 0.05) is 49.7 Å². The molecule has 16 rings (SSSR count). The van der Waals surface area contributed by atoms with E-state index < -0.39 is 5.41 Å². The van der Waals surface area contributed by atoms with Gasteiger partial charge in [-0.05, 0) is 126 Å². The van der Waals surface area contributed by atoms with Gasteiger partial charge in [0.2, 0.25) is 0 Å². The molecule has 12 aromatic carbocycles. The number of hydrogen-bond acceptors (Lipinski definition) is 3. The highest BCUT2D eigenvalue weighted by Gasteiger charge is 2.53. The van der Waals surface area contributed by atoms with E-state index in [1.165, 1.54) is 66.8 Å². The molecule has 76 heavy (non-hydrogen) atoms. The zero-order valence-electron chi connectivity index (χ0n) is 41.2. The molecule has 2 heterocycles. The van der Waals surface area contributed by atoms with Gasteiger partial charge in [-0.3, -0.25) is 0 Å². The van der Waals surface area contributed by atoms with Crippen molar-refractivity contribution in [2.75, 3.05) is 4.90 Å². The summed E-state index contributed by atoms with van der Waals surface area (Å²) in [4.78, 5) is 2.39. The average molecular weight is 968 g/mol. The van der Waals surface area contributed by atoms with Crippen LogP contribution in [0.15, 0.2) is 282 Å². The summed E-state index contributed by atoms with van der Waals surface area (Å²) >= 11 is 0. The highest BCUT2D eigenvalue weighted by Crippen LogP contribution is 2.65. The smallest absolute Gasteiger partial charge is 0.143 e. The first kappa shape index (κ1) is 42.5. The Morgan fingerprint density at radius 2 is 0.737 bits per heavy atom. The van der Waals surface area contributed by atoms with Crippen molar-refractivity contribution < 1.29 is 8.83 Å². The van der Waals surface area contributed by atoms with Crippen molar-refractivity contribution >= 4 is 60.9 Å². The minimum atomic E-state index is -0.592. The summed E-state index contributed by atoms with van der Waals surface area (Å²) in [6, 6.07) is 99.4. The summed E-state index contributed by atoms with van der Waals surface area (Å²) in [7, 11) is 0. The normalized spacial score (nSPS) is 14.1. The highest BCUT2D eigenvalue weighted by atomic mass is 16.3. The Labute approximate surface area is 439 Å². The second-order valence-corrected chi connectivity index (χ2v) is 20.2. The molecule has 2 aliphatic rings. The molecule has 2 aromatic heterocycles. The fourth-order valence-electron chi connectivity index (χ4n) is 13.0. The first-order chi connectivity index (χ1) is 37.7. The van der Waals surface area contributed by atoms with E-state index in [-0.39, 0.29) is 0 Å². The number of fused-ring (bicyclic) bond motifs is 17. The third-order valence-corrected chi connectivity index (χ3v) is 16.3. The second kappa shape index (κ2) is 16.5. The van der Waals surface area contributed by atoms with Crippen molar-refractivity contribution in [2.24, 2.45) is 0 Å². The van der Waals surface area contributed by atoms with Crippen molar-refractivity contribution in [2.45, 2.75) is 5.41 Å². The summed E-state index contributed by atoms with van der Waals surface area (Å²) < 4.78 is 13.4. The lowest BCUT2D eigenvalue weighted by molar-refractivity contribution is 0.669. The molecule has 0 bridgehead atoms. The van der Waals surface area contributed by atoms with E-state index in [9.17, 15) is 0 Å². The molecule has 0 fully saturated rings. The van der Waals surface area contributed by atoms with Crippen LogP contribution in [0.2, 0.25) is 0 Å². The van der Waals surface area contributed by atoms with Gasteiger partial charge in [0.15, 0.2) is 0 Å². The number of para-hydroxylation sites is 3. The zero-order valence-corrected chi connectivity index (χ0v) is 41.2. The van der Waals surface area contributed by atoms with Gasteiger partial charge in [0.25, 0.3) is 0 Å². The van der Waals surface area contributed by atoms with Gasteiger partial charge in [-0.15, -0.1) is 0 Å². The molecule has 0 N–H and O–H groups in total. The van der Waals surface area contributed by atoms with Crippen LogP contribution in [0.5, 0.6) is 0 Å². The fourth-order valence-corrected chi connectivity index (χ4v) is 13.0. The van der Waals surface area contributed by atoms with Crippen molar-refractivity contribution in [3.8, 4) is 66.8 Å². The number of anilines is 3. The Kier molecular flexibility index (Phi) is 9.25. The van der Waals surface area contributed by atoms with E-state index in [0.717, 1.165) is 83.2 Å². The van der Waals surface area contributed by atoms with E-state index in [2.05, 4.69) is 266 Å². The van der Waals surface area contributed by atoms with Crippen LogP contribution in [0.4, 0.5) is 17.1 Å². The van der Waals surface area contributed by atoms with Gasteiger partial charge in [0.05, 0.1) is 5.41 Å². The van der Waals surface area contributed by atoms with Crippen LogP contribution in [0, 0.1) is 0 Å².